The molecule has 0 atom stereocenters. The largest absolute Gasteiger partial charge is 0.379 e. The SMILES string of the molecule is Cn1cc(CCCN2CCOCC2)c2cc(Br)ccc21. The molecule has 0 N–H and O–H groups in total. The molecule has 0 unspecified atom stereocenters. The van der Waals surface area contributed by atoms with Gasteiger partial charge in [0.1, 0.15) is 0 Å². The fraction of sp³-hybridized carbons (Fsp3) is 0.500. The summed E-state index contributed by atoms with van der Waals surface area (Å²) in [4.78, 5) is 2.50. The topological polar surface area (TPSA) is 17.4 Å². The van der Waals surface area contributed by atoms with Gasteiger partial charge in [0.2, 0.25) is 0 Å². The lowest BCUT2D eigenvalue weighted by Crippen LogP contribution is -2.36. The molecule has 0 saturated carbocycles. The number of hydrogen-bond donors (Lipinski definition) is 0. The van der Waals surface area contributed by atoms with Gasteiger partial charge in [-0.2, -0.15) is 0 Å². The van der Waals surface area contributed by atoms with Gasteiger partial charge < -0.3 is 9.30 Å². The number of nitrogens with zero attached hydrogens (tertiary/aromatic N) is 2. The summed E-state index contributed by atoms with van der Waals surface area (Å²) in [6, 6.07) is 6.53. The van der Waals surface area contributed by atoms with Crippen LogP contribution in [0.25, 0.3) is 10.9 Å². The lowest BCUT2D eigenvalue weighted by Gasteiger charge is -2.26. The molecular formula is C16H21BrN2O. The first-order valence-corrected chi connectivity index (χ1v) is 8.07. The van der Waals surface area contributed by atoms with Crippen LogP contribution < -0.4 is 0 Å². The third-order valence-corrected chi connectivity index (χ3v) is 4.55. The number of aromatic nitrogens is 1. The van der Waals surface area contributed by atoms with Crippen LogP contribution in [0.15, 0.2) is 28.9 Å². The van der Waals surface area contributed by atoms with E-state index in [1.807, 2.05) is 0 Å². The number of hydrogen-bond acceptors (Lipinski definition) is 2. The van der Waals surface area contributed by atoms with Gasteiger partial charge in [-0.1, -0.05) is 15.9 Å². The Morgan fingerprint density at radius 3 is 2.85 bits per heavy atom. The van der Waals surface area contributed by atoms with Crippen molar-refractivity contribution in [2.75, 3.05) is 32.8 Å². The van der Waals surface area contributed by atoms with Gasteiger partial charge >= 0.3 is 0 Å². The number of benzene rings is 1. The summed E-state index contributed by atoms with van der Waals surface area (Å²) < 4.78 is 8.77. The molecule has 2 aromatic rings. The quantitative estimate of drug-likeness (QED) is 0.852. The van der Waals surface area contributed by atoms with Crippen LogP contribution in [0.4, 0.5) is 0 Å². The third-order valence-electron chi connectivity index (χ3n) is 4.06. The van der Waals surface area contributed by atoms with Crippen LogP contribution >= 0.6 is 15.9 Å². The number of morpholine rings is 1. The van der Waals surface area contributed by atoms with Gasteiger partial charge in [-0.25, -0.2) is 0 Å². The average molecular weight is 337 g/mol. The Morgan fingerprint density at radius 1 is 1.25 bits per heavy atom. The van der Waals surface area contributed by atoms with E-state index in [0.29, 0.717) is 0 Å². The van der Waals surface area contributed by atoms with Crippen LogP contribution in [-0.4, -0.2) is 42.3 Å². The second-order valence-electron chi connectivity index (χ2n) is 5.48. The van der Waals surface area contributed by atoms with E-state index in [4.69, 9.17) is 4.74 Å². The van der Waals surface area contributed by atoms with Gasteiger partial charge in [0.25, 0.3) is 0 Å². The minimum absolute atomic E-state index is 0.890. The summed E-state index contributed by atoms with van der Waals surface area (Å²) in [5, 5.41) is 1.38. The van der Waals surface area contributed by atoms with Crippen LogP contribution in [0.3, 0.4) is 0 Å². The molecule has 2 heterocycles. The highest BCUT2D eigenvalue weighted by Gasteiger charge is 2.11. The van der Waals surface area contributed by atoms with Crippen molar-refractivity contribution in [3.63, 3.8) is 0 Å². The molecule has 1 aliphatic heterocycles. The molecule has 3 rings (SSSR count). The Balaban J connectivity index is 1.66. The average Bonchev–Trinajstić information content (AvgIpc) is 2.76. The van der Waals surface area contributed by atoms with E-state index in [0.717, 1.165) is 37.2 Å². The molecule has 20 heavy (non-hydrogen) atoms. The first-order chi connectivity index (χ1) is 9.74. The molecule has 3 nitrogen and oxygen atoms in total. The fourth-order valence-electron chi connectivity index (χ4n) is 2.96. The van der Waals surface area contributed by atoms with Gasteiger partial charge in [-0.15, -0.1) is 0 Å². The number of aryl methyl sites for hydroxylation is 2. The zero-order valence-electron chi connectivity index (χ0n) is 11.9. The minimum Gasteiger partial charge on any atom is -0.379 e. The smallest absolute Gasteiger partial charge is 0.0594 e. The van der Waals surface area contributed by atoms with E-state index in [1.54, 1.807) is 0 Å². The van der Waals surface area contributed by atoms with E-state index < -0.39 is 0 Å². The molecule has 1 aliphatic rings. The number of ether oxygens (including phenoxy) is 1. The Kier molecular flexibility index (Phi) is 4.44. The minimum atomic E-state index is 0.890. The molecule has 108 valence electrons. The number of halogens is 1. The summed E-state index contributed by atoms with van der Waals surface area (Å²) in [5.41, 5.74) is 2.77. The fourth-order valence-corrected chi connectivity index (χ4v) is 3.32. The van der Waals surface area contributed by atoms with Crippen LogP contribution in [0.5, 0.6) is 0 Å². The van der Waals surface area contributed by atoms with Crippen molar-refractivity contribution >= 4 is 26.8 Å². The van der Waals surface area contributed by atoms with E-state index in [-0.39, 0.29) is 0 Å². The molecule has 0 radical (unpaired) electrons. The maximum absolute atomic E-state index is 5.39. The van der Waals surface area contributed by atoms with Crippen molar-refractivity contribution in [2.24, 2.45) is 7.05 Å². The first-order valence-electron chi connectivity index (χ1n) is 7.27. The molecule has 0 bridgehead atoms. The highest BCUT2D eigenvalue weighted by molar-refractivity contribution is 9.10. The van der Waals surface area contributed by atoms with Crippen LogP contribution in [0.1, 0.15) is 12.0 Å². The maximum atomic E-state index is 5.39. The van der Waals surface area contributed by atoms with Gasteiger partial charge in [0, 0.05) is 41.7 Å². The second-order valence-corrected chi connectivity index (χ2v) is 6.40. The van der Waals surface area contributed by atoms with Crippen molar-refractivity contribution in [1.82, 2.24) is 9.47 Å². The molecule has 0 aliphatic carbocycles. The summed E-state index contributed by atoms with van der Waals surface area (Å²) in [6.45, 7) is 5.12. The molecule has 1 fully saturated rings. The van der Waals surface area contributed by atoms with E-state index in [1.165, 1.54) is 29.4 Å². The Labute approximate surface area is 128 Å². The zero-order valence-corrected chi connectivity index (χ0v) is 13.5. The predicted molar refractivity (Wildman–Crippen MR) is 86.2 cm³/mol. The first kappa shape index (κ1) is 14.1. The predicted octanol–water partition coefficient (Wildman–Crippen LogP) is 3.21. The summed E-state index contributed by atoms with van der Waals surface area (Å²) in [6.07, 6.45) is 4.63. The van der Waals surface area contributed by atoms with Crippen molar-refractivity contribution in [1.29, 1.82) is 0 Å². The summed E-state index contributed by atoms with van der Waals surface area (Å²) in [7, 11) is 2.13. The van der Waals surface area contributed by atoms with Gasteiger partial charge in [0.05, 0.1) is 13.2 Å². The molecule has 4 heteroatoms. The summed E-state index contributed by atoms with van der Waals surface area (Å²) in [5.74, 6) is 0. The van der Waals surface area contributed by atoms with Crippen molar-refractivity contribution in [3.05, 3.63) is 34.4 Å². The molecule has 0 spiro atoms. The molecule has 0 amide bonds. The third kappa shape index (κ3) is 3.08. The van der Waals surface area contributed by atoms with E-state index >= 15 is 0 Å². The Morgan fingerprint density at radius 2 is 2.05 bits per heavy atom. The zero-order chi connectivity index (χ0) is 13.9. The van der Waals surface area contributed by atoms with Gasteiger partial charge in [0.15, 0.2) is 0 Å². The normalized spacial score (nSPS) is 16.9. The van der Waals surface area contributed by atoms with Crippen LogP contribution in [0.2, 0.25) is 0 Å². The number of rotatable bonds is 4. The van der Waals surface area contributed by atoms with Crippen molar-refractivity contribution in [3.8, 4) is 0 Å². The number of fused-ring (bicyclic) bond motifs is 1. The van der Waals surface area contributed by atoms with Crippen molar-refractivity contribution < 1.29 is 4.74 Å². The summed E-state index contributed by atoms with van der Waals surface area (Å²) >= 11 is 3.58. The van der Waals surface area contributed by atoms with Crippen LogP contribution in [-0.2, 0) is 18.2 Å². The Hall–Kier alpha value is -0.840. The van der Waals surface area contributed by atoms with Gasteiger partial charge in [-0.3, -0.25) is 4.90 Å². The highest BCUT2D eigenvalue weighted by Crippen LogP contribution is 2.25. The molecule has 1 saturated heterocycles. The van der Waals surface area contributed by atoms with Crippen LogP contribution in [0, 0.1) is 0 Å². The maximum Gasteiger partial charge on any atom is 0.0594 e. The molecule has 1 aromatic heterocycles. The standard InChI is InChI=1S/C16H21BrN2O/c1-18-12-13(15-11-14(17)4-5-16(15)18)3-2-6-19-7-9-20-10-8-19/h4-5,11-12H,2-3,6-10H2,1H3. The Bertz CT molecular complexity index is 587. The molecule has 1 aromatic carbocycles. The van der Waals surface area contributed by atoms with Crippen molar-refractivity contribution in [2.45, 2.75) is 12.8 Å². The lowest BCUT2D eigenvalue weighted by molar-refractivity contribution is 0.0375. The van der Waals surface area contributed by atoms with E-state index in [9.17, 15) is 0 Å². The van der Waals surface area contributed by atoms with Gasteiger partial charge in [-0.05, 0) is 43.1 Å². The monoisotopic (exact) mass is 336 g/mol. The lowest BCUT2D eigenvalue weighted by atomic mass is 10.1. The van der Waals surface area contributed by atoms with E-state index in [2.05, 4.69) is 56.8 Å². The second kappa shape index (κ2) is 6.29. The highest BCUT2D eigenvalue weighted by atomic mass is 79.9. The molecular weight excluding hydrogens is 316 g/mol.